The lowest BCUT2D eigenvalue weighted by Crippen LogP contribution is -2.49. The number of anilines is 1. The number of para-hydroxylation sites is 1. The Morgan fingerprint density at radius 3 is 2.67 bits per heavy atom. The van der Waals surface area contributed by atoms with Crippen LogP contribution in [0.2, 0.25) is 0 Å². The van der Waals surface area contributed by atoms with Crippen LogP contribution in [0, 0.1) is 6.92 Å². The van der Waals surface area contributed by atoms with Gasteiger partial charge in [0.05, 0.1) is 18.7 Å². The number of fused-ring (bicyclic) bond motifs is 1. The standard InChI is InChI=1S/C23H33N5O2/c1-4-30-23(29)27-14-12-26(13-15-27)22-19-10-7-8-17(2)21(19)24-20(25-22)16-28-11-6-5-9-18(28)3/h7-8,10,18H,4-6,9,11-16H2,1-3H3. The van der Waals surface area contributed by atoms with Gasteiger partial charge in [-0.3, -0.25) is 4.90 Å². The molecule has 2 aromatic rings. The van der Waals surface area contributed by atoms with Gasteiger partial charge in [0, 0.05) is 37.6 Å². The first-order valence-corrected chi connectivity index (χ1v) is 11.2. The summed E-state index contributed by atoms with van der Waals surface area (Å²) < 4.78 is 5.16. The Morgan fingerprint density at radius 1 is 1.13 bits per heavy atom. The molecule has 30 heavy (non-hydrogen) atoms. The highest BCUT2D eigenvalue weighted by Gasteiger charge is 2.26. The van der Waals surface area contributed by atoms with Crippen molar-refractivity contribution in [3.8, 4) is 0 Å². The Balaban J connectivity index is 1.60. The van der Waals surface area contributed by atoms with Gasteiger partial charge in [-0.05, 0) is 51.8 Å². The van der Waals surface area contributed by atoms with Crippen molar-refractivity contribution in [2.75, 3.05) is 44.2 Å². The Morgan fingerprint density at radius 2 is 1.93 bits per heavy atom. The lowest BCUT2D eigenvalue weighted by atomic mass is 10.0. The molecule has 7 heteroatoms. The number of piperidine rings is 1. The van der Waals surface area contributed by atoms with E-state index < -0.39 is 0 Å². The minimum atomic E-state index is -0.222. The van der Waals surface area contributed by atoms with Gasteiger partial charge in [-0.25, -0.2) is 14.8 Å². The first kappa shape index (κ1) is 20.8. The Bertz CT molecular complexity index is 895. The SMILES string of the molecule is CCOC(=O)N1CCN(c2nc(CN3CCCCC3C)nc3c(C)cccc23)CC1. The second kappa shape index (κ2) is 9.16. The molecule has 1 unspecified atom stereocenters. The van der Waals surface area contributed by atoms with Crippen LogP contribution in [0.1, 0.15) is 44.5 Å². The van der Waals surface area contributed by atoms with Gasteiger partial charge < -0.3 is 14.5 Å². The van der Waals surface area contributed by atoms with Crippen molar-refractivity contribution in [3.63, 3.8) is 0 Å². The van der Waals surface area contributed by atoms with Crippen molar-refractivity contribution in [1.29, 1.82) is 0 Å². The number of piperazine rings is 1. The van der Waals surface area contributed by atoms with E-state index in [0.717, 1.165) is 48.7 Å². The zero-order valence-corrected chi connectivity index (χ0v) is 18.4. The molecule has 0 saturated carbocycles. The largest absolute Gasteiger partial charge is 0.450 e. The molecule has 2 saturated heterocycles. The average molecular weight is 412 g/mol. The normalized spacial score (nSPS) is 20.6. The summed E-state index contributed by atoms with van der Waals surface area (Å²) in [6.45, 7) is 11.4. The van der Waals surface area contributed by atoms with Gasteiger partial charge in [-0.15, -0.1) is 0 Å². The molecular weight excluding hydrogens is 378 g/mol. The van der Waals surface area contributed by atoms with Gasteiger partial charge in [-0.2, -0.15) is 0 Å². The number of benzene rings is 1. The number of likely N-dealkylation sites (tertiary alicyclic amines) is 1. The molecule has 1 amide bonds. The average Bonchev–Trinajstić information content (AvgIpc) is 2.76. The summed E-state index contributed by atoms with van der Waals surface area (Å²) in [6.07, 6.45) is 3.58. The third-order valence-electron chi connectivity index (χ3n) is 6.34. The molecule has 3 heterocycles. The summed E-state index contributed by atoms with van der Waals surface area (Å²) >= 11 is 0. The molecule has 0 bridgehead atoms. The minimum Gasteiger partial charge on any atom is -0.450 e. The zero-order chi connectivity index (χ0) is 21.1. The van der Waals surface area contributed by atoms with E-state index in [1.165, 1.54) is 24.8 Å². The van der Waals surface area contributed by atoms with Gasteiger partial charge in [0.15, 0.2) is 0 Å². The topological polar surface area (TPSA) is 61.8 Å². The van der Waals surface area contributed by atoms with Crippen LogP contribution < -0.4 is 4.90 Å². The van der Waals surface area contributed by atoms with E-state index in [1.54, 1.807) is 4.90 Å². The number of aromatic nitrogens is 2. The molecule has 1 aromatic carbocycles. The van der Waals surface area contributed by atoms with Crippen LogP contribution in [0.3, 0.4) is 0 Å². The van der Waals surface area contributed by atoms with Crippen molar-refractivity contribution in [2.45, 2.75) is 52.6 Å². The molecule has 2 aliphatic rings. The van der Waals surface area contributed by atoms with Crippen LogP contribution >= 0.6 is 0 Å². The highest BCUT2D eigenvalue weighted by atomic mass is 16.6. The van der Waals surface area contributed by atoms with E-state index in [-0.39, 0.29) is 6.09 Å². The number of amides is 1. The second-order valence-electron chi connectivity index (χ2n) is 8.42. The van der Waals surface area contributed by atoms with E-state index >= 15 is 0 Å². The van der Waals surface area contributed by atoms with Crippen LogP contribution in [-0.4, -0.2) is 71.2 Å². The molecule has 0 aliphatic carbocycles. The summed E-state index contributed by atoms with van der Waals surface area (Å²) in [5.41, 5.74) is 2.21. The quantitative estimate of drug-likeness (QED) is 0.766. The van der Waals surface area contributed by atoms with Gasteiger partial charge in [0.1, 0.15) is 11.6 Å². The van der Waals surface area contributed by atoms with E-state index in [1.807, 2.05) is 6.92 Å². The lowest BCUT2D eigenvalue weighted by Gasteiger charge is -2.36. The molecule has 0 spiro atoms. The summed E-state index contributed by atoms with van der Waals surface area (Å²) in [5.74, 6) is 1.89. The Labute approximate surface area is 179 Å². The molecule has 2 aliphatic heterocycles. The minimum absolute atomic E-state index is 0.222. The highest BCUT2D eigenvalue weighted by molar-refractivity contribution is 5.91. The fourth-order valence-electron chi connectivity index (χ4n) is 4.53. The maximum absolute atomic E-state index is 12.1. The van der Waals surface area contributed by atoms with Gasteiger partial charge in [-0.1, -0.05) is 18.6 Å². The number of hydrogen-bond acceptors (Lipinski definition) is 6. The Kier molecular flexibility index (Phi) is 6.37. The lowest BCUT2D eigenvalue weighted by molar-refractivity contribution is 0.105. The number of ether oxygens (including phenoxy) is 1. The van der Waals surface area contributed by atoms with E-state index in [9.17, 15) is 4.79 Å². The monoisotopic (exact) mass is 411 g/mol. The van der Waals surface area contributed by atoms with Crippen LogP contribution in [0.4, 0.5) is 10.6 Å². The van der Waals surface area contributed by atoms with Crippen molar-refractivity contribution in [2.24, 2.45) is 0 Å². The Hall–Kier alpha value is -2.41. The summed E-state index contributed by atoms with van der Waals surface area (Å²) in [4.78, 5) is 28.6. The number of carbonyl (C=O) groups is 1. The molecular formula is C23H33N5O2. The number of rotatable bonds is 4. The predicted octanol–water partition coefficient (Wildman–Crippen LogP) is 3.59. The van der Waals surface area contributed by atoms with Crippen LogP contribution in [-0.2, 0) is 11.3 Å². The van der Waals surface area contributed by atoms with Crippen LogP contribution in [0.15, 0.2) is 18.2 Å². The zero-order valence-electron chi connectivity index (χ0n) is 18.4. The van der Waals surface area contributed by atoms with Crippen molar-refractivity contribution in [1.82, 2.24) is 19.8 Å². The molecule has 4 rings (SSSR count). The molecule has 0 N–H and O–H groups in total. The number of carbonyl (C=O) groups excluding carboxylic acids is 1. The number of nitrogens with zero attached hydrogens (tertiary/aromatic N) is 5. The van der Waals surface area contributed by atoms with Crippen molar-refractivity contribution in [3.05, 3.63) is 29.6 Å². The first-order valence-electron chi connectivity index (χ1n) is 11.2. The molecule has 162 valence electrons. The second-order valence-corrected chi connectivity index (χ2v) is 8.42. The summed E-state index contributed by atoms with van der Waals surface area (Å²) in [6, 6.07) is 6.88. The third-order valence-corrected chi connectivity index (χ3v) is 6.34. The van der Waals surface area contributed by atoms with Crippen LogP contribution in [0.5, 0.6) is 0 Å². The fourth-order valence-corrected chi connectivity index (χ4v) is 4.53. The third kappa shape index (κ3) is 4.36. The molecule has 1 atom stereocenters. The highest BCUT2D eigenvalue weighted by Crippen LogP contribution is 2.28. The van der Waals surface area contributed by atoms with Crippen molar-refractivity contribution < 1.29 is 9.53 Å². The molecule has 0 radical (unpaired) electrons. The van der Waals surface area contributed by atoms with E-state index in [2.05, 4.69) is 41.8 Å². The van der Waals surface area contributed by atoms with E-state index in [4.69, 9.17) is 14.7 Å². The van der Waals surface area contributed by atoms with Crippen LogP contribution in [0.25, 0.3) is 10.9 Å². The molecule has 1 aromatic heterocycles. The van der Waals surface area contributed by atoms with Gasteiger partial charge in [0.2, 0.25) is 0 Å². The van der Waals surface area contributed by atoms with E-state index in [0.29, 0.717) is 25.7 Å². The molecule has 2 fully saturated rings. The van der Waals surface area contributed by atoms with Crippen molar-refractivity contribution >= 4 is 22.8 Å². The number of aryl methyl sites for hydroxylation is 1. The van der Waals surface area contributed by atoms with Gasteiger partial charge in [0.25, 0.3) is 0 Å². The first-order chi connectivity index (χ1) is 14.6. The predicted molar refractivity (Wildman–Crippen MR) is 119 cm³/mol. The summed E-state index contributed by atoms with van der Waals surface area (Å²) in [5, 5.41) is 1.09. The number of hydrogen-bond donors (Lipinski definition) is 0. The maximum Gasteiger partial charge on any atom is 0.409 e. The smallest absolute Gasteiger partial charge is 0.409 e. The fraction of sp³-hybridized carbons (Fsp3) is 0.609. The summed E-state index contributed by atoms with van der Waals surface area (Å²) in [7, 11) is 0. The molecule has 7 nitrogen and oxygen atoms in total. The van der Waals surface area contributed by atoms with Gasteiger partial charge >= 0.3 is 6.09 Å². The maximum atomic E-state index is 12.1.